The van der Waals surface area contributed by atoms with E-state index in [0.717, 1.165) is 34.5 Å². The van der Waals surface area contributed by atoms with Gasteiger partial charge in [0.1, 0.15) is 0 Å². The minimum absolute atomic E-state index is 0.0921. The van der Waals surface area contributed by atoms with E-state index in [4.69, 9.17) is 9.47 Å². The standard InChI is InChI=1S/C22H21N3O5S2/c1-13-21(31-22(23-13)24-14(2)26)16-5-7-18-15(10-16)4-3-9-25(18)32(27,28)17-6-8-19-20(11-17)30-12-29-19/h5-8,10-11H,3-4,9,12H2,1-2H3,(H,23,24,26). The number of aryl methyl sites for hydroxylation is 2. The fraction of sp³-hybridized carbons (Fsp3) is 0.273. The summed E-state index contributed by atoms with van der Waals surface area (Å²) in [6, 6.07) is 10.5. The van der Waals surface area contributed by atoms with Crippen LogP contribution in [0.3, 0.4) is 0 Å². The van der Waals surface area contributed by atoms with Crippen molar-refractivity contribution in [3.63, 3.8) is 0 Å². The molecule has 0 saturated heterocycles. The van der Waals surface area contributed by atoms with Crippen LogP contribution in [0.15, 0.2) is 41.3 Å². The number of sulfonamides is 1. The summed E-state index contributed by atoms with van der Waals surface area (Å²) >= 11 is 1.41. The topological polar surface area (TPSA) is 97.8 Å². The van der Waals surface area contributed by atoms with Gasteiger partial charge in [-0.1, -0.05) is 17.4 Å². The third-order valence-corrected chi connectivity index (χ3v) is 8.36. The number of rotatable bonds is 4. The van der Waals surface area contributed by atoms with Crippen LogP contribution in [0.2, 0.25) is 0 Å². The molecule has 1 amide bonds. The smallest absolute Gasteiger partial charge is 0.264 e. The zero-order valence-corrected chi connectivity index (χ0v) is 19.2. The SMILES string of the molecule is CC(=O)Nc1nc(C)c(-c2ccc3c(c2)CCCN3S(=O)(=O)c2ccc3c(c2)OCO3)s1. The molecule has 0 aliphatic carbocycles. The fourth-order valence-corrected chi connectivity index (χ4v) is 6.55. The lowest BCUT2D eigenvalue weighted by atomic mass is 10.00. The lowest BCUT2D eigenvalue weighted by Gasteiger charge is -2.31. The van der Waals surface area contributed by atoms with Crippen molar-refractivity contribution in [1.29, 1.82) is 0 Å². The summed E-state index contributed by atoms with van der Waals surface area (Å²) in [4.78, 5) is 16.9. The van der Waals surface area contributed by atoms with Gasteiger partial charge >= 0.3 is 0 Å². The van der Waals surface area contributed by atoms with E-state index < -0.39 is 10.0 Å². The number of anilines is 2. The van der Waals surface area contributed by atoms with Crippen LogP contribution in [-0.4, -0.2) is 32.6 Å². The van der Waals surface area contributed by atoms with Crippen LogP contribution in [0.25, 0.3) is 10.4 Å². The van der Waals surface area contributed by atoms with Gasteiger partial charge in [-0.15, -0.1) is 0 Å². The third kappa shape index (κ3) is 3.59. The van der Waals surface area contributed by atoms with Crippen LogP contribution in [0.1, 0.15) is 24.6 Å². The van der Waals surface area contributed by atoms with E-state index in [0.29, 0.717) is 28.9 Å². The molecule has 3 aromatic rings. The molecule has 0 spiro atoms. The number of thiazole rings is 1. The molecule has 10 heteroatoms. The van der Waals surface area contributed by atoms with Crippen LogP contribution < -0.4 is 19.1 Å². The number of amides is 1. The molecule has 1 aromatic heterocycles. The van der Waals surface area contributed by atoms with Crippen LogP contribution in [0.4, 0.5) is 10.8 Å². The molecule has 0 saturated carbocycles. The summed E-state index contributed by atoms with van der Waals surface area (Å²) in [6.07, 6.45) is 1.51. The van der Waals surface area contributed by atoms with Gasteiger partial charge in [0.25, 0.3) is 10.0 Å². The van der Waals surface area contributed by atoms with Gasteiger partial charge in [-0.25, -0.2) is 13.4 Å². The maximum absolute atomic E-state index is 13.4. The number of carbonyl (C=O) groups is 1. The molecular weight excluding hydrogens is 450 g/mol. The number of carbonyl (C=O) groups excluding carboxylic acids is 1. The average Bonchev–Trinajstić information content (AvgIpc) is 3.38. The maximum atomic E-state index is 13.4. The summed E-state index contributed by atoms with van der Waals surface area (Å²) in [5.41, 5.74) is 3.42. The average molecular weight is 472 g/mol. The van der Waals surface area contributed by atoms with Gasteiger partial charge in [0.2, 0.25) is 12.7 Å². The Morgan fingerprint density at radius 2 is 1.97 bits per heavy atom. The molecule has 0 unspecified atom stereocenters. The molecule has 32 heavy (non-hydrogen) atoms. The van der Waals surface area contributed by atoms with Crippen LogP contribution >= 0.6 is 11.3 Å². The Morgan fingerprint density at radius 3 is 2.78 bits per heavy atom. The van der Waals surface area contributed by atoms with Crippen molar-refractivity contribution in [2.24, 2.45) is 0 Å². The van der Waals surface area contributed by atoms with Crippen LogP contribution in [-0.2, 0) is 21.2 Å². The minimum atomic E-state index is -3.75. The van der Waals surface area contributed by atoms with Gasteiger partial charge < -0.3 is 14.8 Å². The number of hydrogen-bond donors (Lipinski definition) is 1. The first kappa shape index (κ1) is 20.8. The zero-order chi connectivity index (χ0) is 22.5. The molecule has 0 bridgehead atoms. The van der Waals surface area contributed by atoms with E-state index in [2.05, 4.69) is 10.3 Å². The second kappa shape index (κ2) is 7.79. The lowest BCUT2D eigenvalue weighted by molar-refractivity contribution is -0.114. The van der Waals surface area contributed by atoms with E-state index in [1.807, 2.05) is 25.1 Å². The molecule has 2 aliphatic rings. The summed E-state index contributed by atoms with van der Waals surface area (Å²) in [5.74, 6) is 0.820. The first-order chi connectivity index (χ1) is 15.3. The predicted octanol–water partition coefficient (Wildman–Crippen LogP) is 3.95. The molecule has 5 rings (SSSR count). The predicted molar refractivity (Wildman–Crippen MR) is 122 cm³/mol. The molecule has 2 aromatic carbocycles. The third-order valence-electron chi connectivity index (χ3n) is 5.43. The monoisotopic (exact) mass is 471 g/mol. The van der Waals surface area contributed by atoms with Gasteiger partial charge in [0.15, 0.2) is 16.6 Å². The van der Waals surface area contributed by atoms with E-state index in [1.165, 1.54) is 28.6 Å². The van der Waals surface area contributed by atoms with Crippen LogP contribution in [0, 0.1) is 6.92 Å². The molecular formula is C22H21N3O5S2. The largest absolute Gasteiger partial charge is 0.454 e. The number of fused-ring (bicyclic) bond motifs is 2. The van der Waals surface area contributed by atoms with Crippen molar-refractivity contribution in [3.8, 4) is 21.9 Å². The molecule has 3 heterocycles. The Labute approximate surface area is 189 Å². The summed E-state index contributed by atoms with van der Waals surface area (Å²) in [5, 5.41) is 3.27. The number of nitrogens with zero attached hydrogens (tertiary/aromatic N) is 2. The van der Waals surface area contributed by atoms with E-state index in [1.54, 1.807) is 12.1 Å². The minimum Gasteiger partial charge on any atom is -0.454 e. The van der Waals surface area contributed by atoms with E-state index in [-0.39, 0.29) is 17.6 Å². The van der Waals surface area contributed by atoms with Gasteiger partial charge in [-0.3, -0.25) is 9.10 Å². The van der Waals surface area contributed by atoms with E-state index in [9.17, 15) is 13.2 Å². The molecule has 0 radical (unpaired) electrons. The first-order valence-electron chi connectivity index (χ1n) is 10.1. The first-order valence-corrected chi connectivity index (χ1v) is 12.4. The summed E-state index contributed by atoms with van der Waals surface area (Å²) < 4.78 is 39.0. The zero-order valence-electron chi connectivity index (χ0n) is 17.5. The Balaban J connectivity index is 1.50. The highest BCUT2D eigenvalue weighted by atomic mass is 32.2. The number of nitrogens with one attached hydrogen (secondary N) is 1. The highest BCUT2D eigenvalue weighted by molar-refractivity contribution is 7.92. The normalized spacial score (nSPS) is 14.9. The van der Waals surface area contributed by atoms with Gasteiger partial charge in [0, 0.05) is 19.5 Å². The second-order valence-corrected chi connectivity index (χ2v) is 10.5. The van der Waals surface area contributed by atoms with Crippen molar-refractivity contribution in [3.05, 3.63) is 47.7 Å². The fourth-order valence-electron chi connectivity index (χ4n) is 3.99. The molecule has 166 valence electrons. The summed E-state index contributed by atoms with van der Waals surface area (Å²) in [6.45, 7) is 3.85. The molecule has 0 fully saturated rings. The molecule has 2 aliphatic heterocycles. The van der Waals surface area contributed by atoms with Gasteiger partial charge in [-0.2, -0.15) is 0 Å². The number of benzene rings is 2. The Bertz CT molecular complexity index is 1330. The maximum Gasteiger partial charge on any atom is 0.264 e. The lowest BCUT2D eigenvalue weighted by Crippen LogP contribution is -2.35. The van der Waals surface area contributed by atoms with Gasteiger partial charge in [0.05, 0.1) is 21.2 Å². The van der Waals surface area contributed by atoms with Crippen molar-refractivity contribution >= 4 is 38.1 Å². The van der Waals surface area contributed by atoms with Crippen molar-refractivity contribution in [1.82, 2.24) is 4.98 Å². The van der Waals surface area contributed by atoms with Crippen molar-refractivity contribution in [2.75, 3.05) is 23.0 Å². The van der Waals surface area contributed by atoms with Gasteiger partial charge in [-0.05, 0) is 55.2 Å². The summed E-state index contributed by atoms with van der Waals surface area (Å²) in [7, 11) is -3.75. The van der Waals surface area contributed by atoms with E-state index >= 15 is 0 Å². The Kier molecular flexibility index (Phi) is 5.06. The number of aromatic nitrogens is 1. The highest BCUT2D eigenvalue weighted by Gasteiger charge is 2.31. The van der Waals surface area contributed by atoms with Crippen molar-refractivity contribution < 1.29 is 22.7 Å². The quantitative estimate of drug-likeness (QED) is 0.619. The molecule has 0 atom stereocenters. The highest BCUT2D eigenvalue weighted by Crippen LogP contribution is 2.40. The Morgan fingerprint density at radius 1 is 1.16 bits per heavy atom. The second-order valence-electron chi connectivity index (χ2n) is 7.65. The number of hydrogen-bond acceptors (Lipinski definition) is 7. The van der Waals surface area contributed by atoms with Crippen LogP contribution in [0.5, 0.6) is 11.5 Å². The van der Waals surface area contributed by atoms with Crippen molar-refractivity contribution in [2.45, 2.75) is 31.6 Å². The molecule has 1 N–H and O–H groups in total. The molecule has 8 nitrogen and oxygen atoms in total. The Hall–Kier alpha value is -3.11. The number of ether oxygens (including phenoxy) is 2.